The Balaban J connectivity index is 1.59. The first-order valence-corrected chi connectivity index (χ1v) is 8.11. The standard InChI is InChI=1S/C15H23NO2S/c17-14-8-2-1-5-12(14)11-16-15(18)9-3-6-13-7-4-10-19-13/h4,7,10,12,14,17H,1-3,5-6,8-9,11H2,(H,16,18). The van der Waals surface area contributed by atoms with Crippen LogP contribution in [0, 0.1) is 5.92 Å². The van der Waals surface area contributed by atoms with Gasteiger partial charge in [0.2, 0.25) is 5.91 Å². The molecule has 1 aromatic rings. The zero-order valence-corrected chi connectivity index (χ0v) is 12.1. The average molecular weight is 281 g/mol. The van der Waals surface area contributed by atoms with Crippen LogP contribution in [0.4, 0.5) is 0 Å². The predicted molar refractivity (Wildman–Crippen MR) is 78.2 cm³/mol. The van der Waals surface area contributed by atoms with Gasteiger partial charge in [-0.05, 0) is 37.1 Å². The number of aliphatic hydroxyl groups is 1. The molecule has 0 saturated heterocycles. The van der Waals surface area contributed by atoms with Gasteiger partial charge in [-0.25, -0.2) is 0 Å². The van der Waals surface area contributed by atoms with Gasteiger partial charge in [0, 0.05) is 23.8 Å². The molecular weight excluding hydrogens is 258 g/mol. The second-order valence-corrected chi connectivity index (χ2v) is 6.38. The van der Waals surface area contributed by atoms with E-state index in [4.69, 9.17) is 0 Å². The van der Waals surface area contributed by atoms with Gasteiger partial charge in [0.1, 0.15) is 0 Å². The van der Waals surface area contributed by atoms with Gasteiger partial charge in [0.15, 0.2) is 0 Å². The lowest BCUT2D eigenvalue weighted by Gasteiger charge is -2.27. The number of hydrogen-bond acceptors (Lipinski definition) is 3. The van der Waals surface area contributed by atoms with Crippen LogP contribution in [0.15, 0.2) is 17.5 Å². The van der Waals surface area contributed by atoms with Gasteiger partial charge >= 0.3 is 0 Å². The number of aryl methyl sites for hydroxylation is 1. The molecular formula is C15H23NO2S. The molecule has 0 radical (unpaired) electrons. The lowest BCUT2D eigenvalue weighted by Crippen LogP contribution is -2.36. The van der Waals surface area contributed by atoms with Crippen LogP contribution in [-0.2, 0) is 11.2 Å². The van der Waals surface area contributed by atoms with E-state index in [2.05, 4.69) is 16.8 Å². The molecule has 1 heterocycles. The van der Waals surface area contributed by atoms with E-state index in [0.29, 0.717) is 13.0 Å². The minimum atomic E-state index is -0.222. The molecule has 1 aliphatic rings. The van der Waals surface area contributed by atoms with Crippen molar-refractivity contribution in [3.05, 3.63) is 22.4 Å². The number of rotatable bonds is 6. The molecule has 1 aliphatic carbocycles. The Morgan fingerprint density at radius 2 is 2.26 bits per heavy atom. The summed E-state index contributed by atoms with van der Waals surface area (Å²) < 4.78 is 0. The van der Waals surface area contributed by atoms with Crippen molar-refractivity contribution in [2.45, 2.75) is 51.0 Å². The summed E-state index contributed by atoms with van der Waals surface area (Å²) in [7, 11) is 0. The third kappa shape index (κ3) is 4.96. The molecule has 2 N–H and O–H groups in total. The highest BCUT2D eigenvalue weighted by atomic mass is 32.1. The Labute approximate surface area is 119 Å². The minimum absolute atomic E-state index is 0.120. The topological polar surface area (TPSA) is 49.3 Å². The lowest BCUT2D eigenvalue weighted by molar-refractivity contribution is -0.121. The Kier molecular flexibility index (Phi) is 5.86. The fourth-order valence-corrected chi connectivity index (χ4v) is 3.39. The van der Waals surface area contributed by atoms with Crippen molar-refractivity contribution in [1.82, 2.24) is 5.32 Å². The number of hydrogen-bond donors (Lipinski definition) is 2. The zero-order chi connectivity index (χ0) is 13.5. The van der Waals surface area contributed by atoms with Crippen LogP contribution in [0.25, 0.3) is 0 Å². The monoisotopic (exact) mass is 281 g/mol. The van der Waals surface area contributed by atoms with E-state index in [0.717, 1.165) is 32.1 Å². The Morgan fingerprint density at radius 3 is 3.00 bits per heavy atom. The number of carbonyl (C=O) groups excluding carboxylic acids is 1. The van der Waals surface area contributed by atoms with Crippen LogP contribution in [0.5, 0.6) is 0 Å². The average Bonchev–Trinajstić information content (AvgIpc) is 2.91. The Morgan fingerprint density at radius 1 is 1.42 bits per heavy atom. The smallest absolute Gasteiger partial charge is 0.220 e. The van der Waals surface area contributed by atoms with Crippen LogP contribution in [0.3, 0.4) is 0 Å². The molecule has 2 rings (SSSR count). The van der Waals surface area contributed by atoms with Crippen LogP contribution in [0.1, 0.15) is 43.4 Å². The van der Waals surface area contributed by atoms with Gasteiger partial charge in [0.25, 0.3) is 0 Å². The molecule has 106 valence electrons. The third-order valence-electron chi connectivity index (χ3n) is 3.84. The maximum atomic E-state index is 11.7. The SMILES string of the molecule is O=C(CCCc1cccs1)NCC1CCCCC1O. The zero-order valence-electron chi connectivity index (χ0n) is 11.3. The molecule has 3 nitrogen and oxygen atoms in total. The molecule has 1 aromatic heterocycles. The summed E-state index contributed by atoms with van der Waals surface area (Å²) in [6.07, 6.45) is 6.47. The minimum Gasteiger partial charge on any atom is -0.393 e. The van der Waals surface area contributed by atoms with Crippen molar-refractivity contribution < 1.29 is 9.90 Å². The summed E-state index contributed by atoms with van der Waals surface area (Å²) in [6.45, 7) is 0.638. The van der Waals surface area contributed by atoms with E-state index in [1.165, 1.54) is 11.3 Å². The molecule has 4 heteroatoms. The van der Waals surface area contributed by atoms with E-state index in [1.54, 1.807) is 11.3 Å². The molecule has 1 amide bonds. The van der Waals surface area contributed by atoms with Crippen LogP contribution < -0.4 is 5.32 Å². The van der Waals surface area contributed by atoms with Gasteiger partial charge in [-0.15, -0.1) is 11.3 Å². The maximum absolute atomic E-state index is 11.7. The molecule has 0 bridgehead atoms. The summed E-state index contributed by atoms with van der Waals surface area (Å²) in [5.41, 5.74) is 0. The summed E-state index contributed by atoms with van der Waals surface area (Å²) >= 11 is 1.75. The van der Waals surface area contributed by atoms with E-state index >= 15 is 0 Å². The van der Waals surface area contributed by atoms with E-state index < -0.39 is 0 Å². The number of thiophene rings is 1. The van der Waals surface area contributed by atoms with Crippen molar-refractivity contribution in [1.29, 1.82) is 0 Å². The van der Waals surface area contributed by atoms with E-state index in [1.807, 2.05) is 6.07 Å². The van der Waals surface area contributed by atoms with Gasteiger partial charge in [0.05, 0.1) is 6.10 Å². The van der Waals surface area contributed by atoms with E-state index in [-0.39, 0.29) is 17.9 Å². The van der Waals surface area contributed by atoms with Crippen molar-refractivity contribution in [3.63, 3.8) is 0 Å². The van der Waals surface area contributed by atoms with Gasteiger partial charge < -0.3 is 10.4 Å². The van der Waals surface area contributed by atoms with Crippen molar-refractivity contribution in [3.8, 4) is 0 Å². The highest BCUT2D eigenvalue weighted by molar-refractivity contribution is 7.09. The normalized spacial score (nSPS) is 23.2. The molecule has 2 atom stereocenters. The van der Waals surface area contributed by atoms with Crippen LogP contribution in [0.2, 0.25) is 0 Å². The second-order valence-electron chi connectivity index (χ2n) is 5.35. The molecule has 2 unspecified atom stereocenters. The summed E-state index contributed by atoms with van der Waals surface area (Å²) in [5, 5.41) is 14.9. The fourth-order valence-electron chi connectivity index (χ4n) is 2.64. The van der Waals surface area contributed by atoms with Crippen molar-refractivity contribution in [2.24, 2.45) is 5.92 Å². The number of carbonyl (C=O) groups is 1. The predicted octanol–water partition coefficient (Wildman–Crippen LogP) is 2.74. The summed E-state index contributed by atoms with van der Waals surface area (Å²) in [4.78, 5) is 13.1. The number of nitrogens with one attached hydrogen (secondary N) is 1. The highest BCUT2D eigenvalue weighted by Crippen LogP contribution is 2.23. The first-order valence-electron chi connectivity index (χ1n) is 7.23. The largest absolute Gasteiger partial charge is 0.393 e. The van der Waals surface area contributed by atoms with Gasteiger partial charge in [-0.3, -0.25) is 4.79 Å². The lowest BCUT2D eigenvalue weighted by atomic mass is 9.86. The second kappa shape index (κ2) is 7.65. The maximum Gasteiger partial charge on any atom is 0.220 e. The molecule has 19 heavy (non-hydrogen) atoms. The molecule has 1 saturated carbocycles. The summed E-state index contributed by atoms with van der Waals surface area (Å²) in [5.74, 6) is 0.379. The van der Waals surface area contributed by atoms with Gasteiger partial charge in [-0.1, -0.05) is 18.9 Å². The molecule has 0 spiro atoms. The Bertz CT molecular complexity index is 378. The Hall–Kier alpha value is -0.870. The van der Waals surface area contributed by atoms with Crippen molar-refractivity contribution >= 4 is 17.2 Å². The first-order chi connectivity index (χ1) is 9.25. The van der Waals surface area contributed by atoms with Crippen LogP contribution in [-0.4, -0.2) is 23.7 Å². The number of aliphatic hydroxyl groups excluding tert-OH is 1. The summed E-state index contributed by atoms with van der Waals surface area (Å²) in [6, 6.07) is 4.16. The van der Waals surface area contributed by atoms with Crippen LogP contribution >= 0.6 is 11.3 Å². The van der Waals surface area contributed by atoms with E-state index in [9.17, 15) is 9.90 Å². The van der Waals surface area contributed by atoms with Crippen molar-refractivity contribution in [2.75, 3.05) is 6.54 Å². The molecule has 1 fully saturated rings. The first kappa shape index (κ1) is 14.5. The quantitative estimate of drug-likeness (QED) is 0.842. The number of amides is 1. The van der Waals surface area contributed by atoms with Gasteiger partial charge in [-0.2, -0.15) is 0 Å². The highest BCUT2D eigenvalue weighted by Gasteiger charge is 2.23. The molecule has 0 aromatic carbocycles. The fraction of sp³-hybridized carbons (Fsp3) is 0.667. The third-order valence-corrected chi connectivity index (χ3v) is 4.77. The molecule has 0 aliphatic heterocycles.